The summed E-state index contributed by atoms with van der Waals surface area (Å²) >= 11 is 0. The van der Waals surface area contributed by atoms with E-state index in [1.807, 2.05) is 42.5 Å². The molecule has 6 rings (SSSR count). The van der Waals surface area contributed by atoms with Crippen molar-refractivity contribution in [3.8, 4) is 11.5 Å². The van der Waals surface area contributed by atoms with Crippen molar-refractivity contribution in [2.75, 3.05) is 0 Å². The van der Waals surface area contributed by atoms with E-state index in [4.69, 9.17) is 0 Å². The first-order chi connectivity index (χ1) is 22.8. The Morgan fingerprint density at radius 2 is 1.27 bits per heavy atom. The summed E-state index contributed by atoms with van der Waals surface area (Å²) in [5, 5.41) is 39.0. The Bertz CT molecular complexity index is 2520. The molecule has 0 saturated carbocycles. The molecule has 0 aliphatic rings. The second kappa shape index (κ2) is 12.6. The second-order valence-electron chi connectivity index (χ2n) is 10.9. The molecular formula is C34H26N4O8S2. The third-order valence-corrected chi connectivity index (χ3v) is 9.38. The van der Waals surface area contributed by atoms with Gasteiger partial charge in [0.15, 0.2) is 5.75 Å². The number of hydrogen-bond donors (Lipinski definition) is 4. The van der Waals surface area contributed by atoms with Crippen LogP contribution >= 0.6 is 0 Å². The van der Waals surface area contributed by atoms with Gasteiger partial charge in [-0.05, 0) is 65.8 Å². The van der Waals surface area contributed by atoms with Crippen LogP contribution in [0.4, 0.5) is 22.7 Å². The average molecular weight is 683 g/mol. The first-order valence-corrected chi connectivity index (χ1v) is 17.1. The summed E-state index contributed by atoms with van der Waals surface area (Å²) in [6.07, 6.45) is 0.746. The van der Waals surface area contributed by atoms with Gasteiger partial charge in [0.05, 0.1) is 11.4 Å². The molecule has 14 heteroatoms. The van der Waals surface area contributed by atoms with Gasteiger partial charge in [-0.1, -0.05) is 66.7 Å². The van der Waals surface area contributed by atoms with Gasteiger partial charge in [-0.25, -0.2) is 0 Å². The molecule has 0 aliphatic carbocycles. The van der Waals surface area contributed by atoms with Crippen LogP contribution in [0, 0.1) is 6.92 Å². The van der Waals surface area contributed by atoms with Gasteiger partial charge in [0, 0.05) is 22.2 Å². The highest BCUT2D eigenvalue weighted by molar-refractivity contribution is 7.86. The Morgan fingerprint density at radius 3 is 2.00 bits per heavy atom. The van der Waals surface area contributed by atoms with Gasteiger partial charge in [-0.2, -0.15) is 27.1 Å². The van der Waals surface area contributed by atoms with Crippen molar-refractivity contribution in [2.45, 2.75) is 23.1 Å². The van der Waals surface area contributed by atoms with E-state index in [0.717, 1.165) is 29.5 Å². The maximum atomic E-state index is 12.1. The summed E-state index contributed by atoms with van der Waals surface area (Å²) < 4.78 is 67.5. The lowest BCUT2D eigenvalue weighted by Gasteiger charge is -2.09. The molecule has 12 nitrogen and oxygen atoms in total. The SMILES string of the molecule is Cc1cc(N=Nc2ccc3cc(Cc4ccccc4)ccc3c2O)c(O)cc1N=Nc1cc(S(=O)(=O)O)c2cccc(S(=O)(=O)O)c2c1. The lowest BCUT2D eigenvalue weighted by molar-refractivity contribution is 0.475. The van der Waals surface area contributed by atoms with Crippen LogP contribution in [0.1, 0.15) is 16.7 Å². The molecule has 0 radical (unpaired) electrons. The highest BCUT2D eigenvalue weighted by Gasteiger charge is 2.21. The Kier molecular flexibility index (Phi) is 8.49. The van der Waals surface area contributed by atoms with Gasteiger partial charge in [0.25, 0.3) is 20.2 Å². The van der Waals surface area contributed by atoms with Crippen LogP contribution in [-0.2, 0) is 26.7 Å². The van der Waals surface area contributed by atoms with E-state index < -0.39 is 30.0 Å². The standard InChI is InChI=1S/C34H26N4O8S2/c1-20-14-30(38-36-28-13-11-23-16-22(10-12-25(23)34(28)40)15-21-6-3-2-4-7-21)31(39)19-29(20)37-35-24-17-27-26(33(18-24)48(44,45)46)8-5-9-32(27)47(41,42)43/h2-14,16-19,39-40H,15H2,1H3,(H,41,42,43)(H,44,45,46). The number of benzene rings is 6. The normalized spacial score (nSPS) is 12.5. The molecule has 6 aromatic rings. The minimum absolute atomic E-state index is 0.0686. The summed E-state index contributed by atoms with van der Waals surface area (Å²) in [4.78, 5) is -1.23. The largest absolute Gasteiger partial charge is 0.506 e. The van der Waals surface area contributed by atoms with E-state index in [-0.39, 0.29) is 45.0 Å². The number of nitrogens with zero attached hydrogens (tertiary/aromatic N) is 4. The van der Waals surface area contributed by atoms with E-state index in [9.17, 15) is 36.2 Å². The highest BCUT2D eigenvalue weighted by Crippen LogP contribution is 2.40. The quantitative estimate of drug-likeness (QED) is 0.0903. The number of hydrogen-bond acceptors (Lipinski definition) is 10. The number of azo groups is 2. The van der Waals surface area contributed by atoms with Crippen LogP contribution in [0.3, 0.4) is 0 Å². The fraction of sp³-hybridized carbons (Fsp3) is 0.0588. The smallest absolute Gasteiger partial charge is 0.295 e. The molecule has 0 heterocycles. The van der Waals surface area contributed by atoms with Gasteiger partial charge in [0.2, 0.25) is 0 Å². The summed E-state index contributed by atoms with van der Waals surface area (Å²) in [5.74, 6) is -0.393. The van der Waals surface area contributed by atoms with Gasteiger partial charge < -0.3 is 10.2 Å². The van der Waals surface area contributed by atoms with E-state index in [1.165, 1.54) is 35.9 Å². The zero-order valence-electron chi connectivity index (χ0n) is 25.0. The highest BCUT2D eigenvalue weighted by atomic mass is 32.2. The number of phenolic OH excluding ortho intramolecular Hbond substituents is 2. The topological polar surface area (TPSA) is 199 Å². The van der Waals surface area contributed by atoms with Gasteiger partial charge >= 0.3 is 0 Å². The zero-order chi connectivity index (χ0) is 34.2. The van der Waals surface area contributed by atoms with Gasteiger partial charge in [-0.3, -0.25) is 9.11 Å². The minimum atomic E-state index is -4.83. The molecule has 242 valence electrons. The number of fused-ring (bicyclic) bond motifs is 2. The fourth-order valence-corrected chi connectivity index (χ4v) is 6.68. The van der Waals surface area contributed by atoms with Crippen molar-refractivity contribution in [3.05, 3.63) is 120 Å². The van der Waals surface area contributed by atoms with Crippen molar-refractivity contribution in [1.29, 1.82) is 0 Å². The third-order valence-electron chi connectivity index (χ3n) is 7.58. The number of rotatable bonds is 8. The molecule has 0 saturated heterocycles. The van der Waals surface area contributed by atoms with Gasteiger partial charge in [0.1, 0.15) is 26.9 Å². The maximum absolute atomic E-state index is 12.1. The van der Waals surface area contributed by atoms with E-state index in [0.29, 0.717) is 10.9 Å². The summed E-state index contributed by atoms with van der Waals surface area (Å²) in [6, 6.07) is 27.7. The van der Waals surface area contributed by atoms with Crippen LogP contribution in [-0.4, -0.2) is 36.2 Å². The lowest BCUT2D eigenvalue weighted by atomic mass is 10.0. The molecule has 0 bridgehead atoms. The predicted octanol–water partition coefficient (Wildman–Crippen LogP) is 8.63. The van der Waals surface area contributed by atoms with Crippen molar-refractivity contribution in [2.24, 2.45) is 20.5 Å². The zero-order valence-corrected chi connectivity index (χ0v) is 26.7. The van der Waals surface area contributed by atoms with Crippen molar-refractivity contribution in [1.82, 2.24) is 0 Å². The third kappa shape index (κ3) is 6.77. The van der Waals surface area contributed by atoms with Crippen molar-refractivity contribution < 1.29 is 36.2 Å². The van der Waals surface area contributed by atoms with Crippen LogP contribution in [0.2, 0.25) is 0 Å². The number of aromatic hydroxyl groups is 2. The van der Waals surface area contributed by atoms with E-state index in [2.05, 4.69) is 32.6 Å². The predicted molar refractivity (Wildman–Crippen MR) is 180 cm³/mol. The molecule has 4 N–H and O–H groups in total. The molecule has 0 aromatic heterocycles. The molecule has 0 amide bonds. The first-order valence-electron chi connectivity index (χ1n) is 14.3. The summed E-state index contributed by atoms with van der Waals surface area (Å²) in [7, 11) is -9.60. The van der Waals surface area contributed by atoms with Crippen LogP contribution in [0.25, 0.3) is 21.5 Å². The van der Waals surface area contributed by atoms with E-state index >= 15 is 0 Å². The Hall–Kier alpha value is -5.54. The summed E-state index contributed by atoms with van der Waals surface area (Å²) in [5.41, 5.74) is 2.99. The summed E-state index contributed by atoms with van der Waals surface area (Å²) in [6.45, 7) is 1.65. The molecular weight excluding hydrogens is 657 g/mol. The Balaban J connectivity index is 1.28. The maximum Gasteiger partial charge on any atom is 0.295 e. The Morgan fingerprint density at radius 1 is 0.562 bits per heavy atom. The fourth-order valence-electron chi connectivity index (χ4n) is 5.26. The van der Waals surface area contributed by atoms with Crippen LogP contribution < -0.4 is 0 Å². The van der Waals surface area contributed by atoms with Gasteiger partial charge in [-0.15, -0.1) is 10.2 Å². The van der Waals surface area contributed by atoms with Crippen LogP contribution in [0.15, 0.2) is 133 Å². The second-order valence-corrected chi connectivity index (χ2v) is 13.7. The molecule has 0 fully saturated rings. The lowest BCUT2D eigenvalue weighted by Crippen LogP contribution is -2.03. The average Bonchev–Trinajstić information content (AvgIpc) is 3.04. The Labute approximate surface area is 274 Å². The number of phenols is 2. The molecule has 0 atom stereocenters. The number of aryl methyl sites for hydroxylation is 1. The molecule has 6 aromatic carbocycles. The molecule has 0 aliphatic heterocycles. The molecule has 48 heavy (non-hydrogen) atoms. The van der Waals surface area contributed by atoms with Crippen molar-refractivity contribution >= 4 is 64.5 Å². The monoisotopic (exact) mass is 682 g/mol. The molecule has 0 unspecified atom stereocenters. The van der Waals surface area contributed by atoms with Crippen molar-refractivity contribution in [3.63, 3.8) is 0 Å². The van der Waals surface area contributed by atoms with E-state index in [1.54, 1.807) is 13.0 Å². The van der Waals surface area contributed by atoms with Crippen LogP contribution in [0.5, 0.6) is 11.5 Å². The molecule has 0 spiro atoms. The minimum Gasteiger partial charge on any atom is -0.506 e. The first kappa shape index (κ1) is 32.4.